The number of hydrogen-bond acceptors (Lipinski definition) is 5. The number of aromatic nitrogens is 1. The molecule has 1 aliphatic heterocycles. The van der Waals surface area contributed by atoms with E-state index < -0.39 is 10.2 Å². The van der Waals surface area contributed by atoms with Crippen LogP contribution in [-0.4, -0.2) is 49.9 Å². The van der Waals surface area contributed by atoms with Gasteiger partial charge in [-0.3, -0.25) is 9.78 Å². The number of rotatable bonds is 7. The molecule has 0 saturated carbocycles. The number of ether oxygens (including phenoxy) is 1. The van der Waals surface area contributed by atoms with E-state index in [1.165, 1.54) is 4.31 Å². The number of nitrogens with zero attached hydrogens (tertiary/aromatic N) is 2. The largest absolute Gasteiger partial charge is 0.466 e. The molecule has 2 rings (SSSR count). The quantitative estimate of drug-likeness (QED) is 0.739. The molecular weight excluding hydrogens is 318 g/mol. The van der Waals surface area contributed by atoms with Crippen molar-refractivity contribution in [3.63, 3.8) is 0 Å². The first kappa shape index (κ1) is 17.8. The molecule has 0 radical (unpaired) electrons. The fourth-order valence-electron chi connectivity index (χ4n) is 2.56. The zero-order chi connectivity index (χ0) is 16.7. The lowest BCUT2D eigenvalue weighted by Gasteiger charge is -2.30. The Morgan fingerprint density at radius 3 is 3.00 bits per heavy atom. The van der Waals surface area contributed by atoms with Gasteiger partial charge in [-0.05, 0) is 31.9 Å². The van der Waals surface area contributed by atoms with E-state index in [9.17, 15) is 13.2 Å². The fourth-order valence-corrected chi connectivity index (χ4v) is 3.85. The fraction of sp³-hybridized carbons (Fsp3) is 0.600. The lowest BCUT2D eigenvalue weighted by Crippen LogP contribution is -2.48. The Morgan fingerprint density at radius 2 is 2.30 bits per heavy atom. The summed E-state index contributed by atoms with van der Waals surface area (Å²) < 4.78 is 33.6. The molecule has 1 N–H and O–H groups in total. The molecule has 0 bridgehead atoms. The van der Waals surface area contributed by atoms with Crippen LogP contribution in [0.1, 0.15) is 25.5 Å². The minimum atomic E-state index is -3.59. The zero-order valence-electron chi connectivity index (χ0n) is 13.3. The van der Waals surface area contributed by atoms with E-state index in [1.54, 1.807) is 13.1 Å². The van der Waals surface area contributed by atoms with Gasteiger partial charge in [0.2, 0.25) is 0 Å². The summed E-state index contributed by atoms with van der Waals surface area (Å²) >= 11 is 0. The maximum Gasteiger partial charge on any atom is 0.310 e. The van der Waals surface area contributed by atoms with Crippen molar-refractivity contribution < 1.29 is 17.9 Å². The summed E-state index contributed by atoms with van der Waals surface area (Å²) in [5, 5.41) is 0. The molecule has 7 nitrogen and oxygen atoms in total. The summed E-state index contributed by atoms with van der Waals surface area (Å²) in [5.74, 6) is -0.697. The van der Waals surface area contributed by atoms with Gasteiger partial charge in [0.15, 0.2) is 0 Å². The van der Waals surface area contributed by atoms with Gasteiger partial charge >= 0.3 is 5.97 Å². The summed E-state index contributed by atoms with van der Waals surface area (Å²) in [5.41, 5.74) is 0.832. The Hall–Kier alpha value is -1.51. The third-order valence-electron chi connectivity index (χ3n) is 3.74. The molecule has 0 aliphatic carbocycles. The highest BCUT2D eigenvalue weighted by Gasteiger charge is 2.32. The molecule has 2 heterocycles. The van der Waals surface area contributed by atoms with Crippen molar-refractivity contribution in [3.05, 3.63) is 30.1 Å². The Kier molecular flexibility index (Phi) is 6.49. The van der Waals surface area contributed by atoms with Crippen LogP contribution in [-0.2, 0) is 26.2 Å². The van der Waals surface area contributed by atoms with Crippen molar-refractivity contribution in [3.8, 4) is 0 Å². The second-order valence-corrected chi connectivity index (χ2v) is 7.17. The van der Waals surface area contributed by atoms with Crippen LogP contribution in [0.4, 0.5) is 0 Å². The minimum Gasteiger partial charge on any atom is -0.466 e. The van der Waals surface area contributed by atoms with Crippen LogP contribution in [0.5, 0.6) is 0 Å². The summed E-state index contributed by atoms with van der Waals surface area (Å²) in [6.45, 7) is 2.94. The Labute approximate surface area is 137 Å². The Bertz CT molecular complexity index is 606. The maximum absolute atomic E-state index is 12.3. The summed E-state index contributed by atoms with van der Waals surface area (Å²) in [4.78, 5) is 16.0. The molecule has 0 spiro atoms. The number of esters is 1. The maximum atomic E-state index is 12.3. The van der Waals surface area contributed by atoms with Crippen molar-refractivity contribution in [1.29, 1.82) is 0 Å². The standard InChI is InChI=1S/C15H23N3O4S/c1-2-22-15(19)13-6-5-11-18(12-13)23(20,21)17-10-8-14-7-3-4-9-16-14/h3-4,7,9,13,17H,2,5-6,8,10-12H2,1H3. The smallest absolute Gasteiger partial charge is 0.310 e. The van der Waals surface area contributed by atoms with Crippen molar-refractivity contribution in [2.24, 2.45) is 5.92 Å². The second kappa shape index (κ2) is 8.37. The average Bonchev–Trinajstić information content (AvgIpc) is 2.56. The number of carbonyl (C=O) groups excluding carboxylic acids is 1. The van der Waals surface area contributed by atoms with Gasteiger partial charge in [-0.2, -0.15) is 12.7 Å². The van der Waals surface area contributed by atoms with Crippen LogP contribution in [0.2, 0.25) is 0 Å². The number of carbonyl (C=O) groups is 1. The van der Waals surface area contributed by atoms with Crippen molar-refractivity contribution >= 4 is 16.2 Å². The van der Waals surface area contributed by atoms with Crippen molar-refractivity contribution in [2.75, 3.05) is 26.2 Å². The molecule has 128 valence electrons. The molecule has 1 unspecified atom stereocenters. The predicted octanol–water partition coefficient (Wildman–Crippen LogP) is 0.734. The van der Waals surface area contributed by atoms with Gasteiger partial charge < -0.3 is 4.74 Å². The lowest BCUT2D eigenvalue weighted by atomic mass is 10.0. The van der Waals surface area contributed by atoms with E-state index in [4.69, 9.17) is 4.74 Å². The number of nitrogens with one attached hydrogen (secondary N) is 1. The molecule has 1 fully saturated rings. The predicted molar refractivity (Wildman–Crippen MR) is 85.8 cm³/mol. The molecule has 1 aliphatic rings. The molecule has 0 amide bonds. The Morgan fingerprint density at radius 1 is 1.48 bits per heavy atom. The van der Waals surface area contributed by atoms with Crippen LogP contribution in [0.15, 0.2) is 24.4 Å². The third kappa shape index (κ3) is 5.26. The minimum absolute atomic E-state index is 0.178. The van der Waals surface area contributed by atoms with Crippen molar-refractivity contribution in [2.45, 2.75) is 26.2 Å². The molecular formula is C15H23N3O4S. The number of pyridine rings is 1. The van der Waals surface area contributed by atoms with E-state index in [2.05, 4.69) is 9.71 Å². The van der Waals surface area contributed by atoms with Gasteiger partial charge in [-0.1, -0.05) is 6.07 Å². The van der Waals surface area contributed by atoms with E-state index in [1.807, 2.05) is 18.2 Å². The first-order valence-corrected chi connectivity index (χ1v) is 9.28. The van der Waals surface area contributed by atoms with Gasteiger partial charge in [0.25, 0.3) is 10.2 Å². The van der Waals surface area contributed by atoms with Gasteiger partial charge in [0.05, 0.1) is 12.5 Å². The number of piperidine rings is 1. The molecule has 1 saturated heterocycles. The van der Waals surface area contributed by atoms with E-state index in [0.29, 0.717) is 32.4 Å². The molecule has 23 heavy (non-hydrogen) atoms. The molecule has 1 aromatic rings. The lowest BCUT2D eigenvalue weighted by molar-refractivity contribution is -0.149. The van der Waals surface area contributed by atoms with Crippen LogP contribution in [0.3, 0.4) is 0 Å². The first-order chi connectivity index (χ1) is 11.0. The van der Waals surface area contributed by atoms with Crippen LogP contribution in [0, 0.1) is 5.92 Å². The van der Waals surface area contributed by atoms with Gasteiger partial charge in [-0.25, -0.2) is 4.72 Å². The van der Waals surface area contributed by atoms with Crippen LogP contribution in [0.25, 0.3) is 0 Å². The van der Waals surface area contributed by atoms with E-state index in [0.717, 1.165) is 5.69 Å². The molecule has 1 aromatic heterocycles. The zero-order valence-corrected chi connectivity index (χ0v) is 14.1. The van der Waals surface area contributed by atoms with Crippen LogP contribution < -0.4 is 4.72 Å². The molecule has 1 atom stereocenters. The SMILES string of the molecule is CCOC(=O)C1CCCN(S(=O)(=O)NCCc2ccccn2)C1. The topological polar surface area (TPSA) is 88.6 Å². The van der Waals surface area contributed by atoms with Gasteiger partial charge in [0, 0.05) is 37.9 Å². The normalized spacial score (nSPS) is 19.4. The van der Waals surface area contributed by atoms with E-state index in [-0.39, 0.29) is 25.0 Å². The highest BCUT2D eigenvalue weighted by molar-refractivity contribution is 7.87. The molecule has 0 aromatic carbocycles. The molecule has 8 heteroatoms. The third-order valence-corrected chi connectivity index (χ3v) is 5.32. The summed E-state index contributed by atoms with van der Waals surface area (Å²) in [6, 6.07) is 5.54. The average molecular weight is 341 g/mol. The first-order valence-electron chi connectivity index (χ1n) is 7.84. The number of hydrogen-bond donors (Lipinski definition) is 1. The van der Waals surface area contributed by atoms with E-state index >= 15 is 0 Å². The van der Waals surface area contributed by atoms with Gasteiger partial charge in [0.1, 0.15) is 0 Å². The summed E-state index contributed by atoms with van der Waals surface area (Å²) in [6.07, 6.45) is 3.52. The van der Waals surface area contributed by atoms with Crippen molar-refractivity contribution in [1.82, 2.24) is 14.0 Å². The Balaban J connectivity index is 1.87. The highest BCUT2D eigenvalue weighted by atomic mass is 32.2. The summed E-state index contributed by atoms with van der Waals surface area (Å²) in [7, 11) is -3.59. The van der Waals surface area contributed by atoms with Gasteiger partial charge in [-0.15, -0.1) is 0 Å². The highest BCUT2D eigenvalue weighted by Crippen LogP contribution is 2.19. The monoisotopic (exact) mass is 341 g/mol. The second-order valence-electron chi connectivity index (χ2n) is 5.42. The van der Waals surface area contributed by atoms with Crippen LogP contribution >= 0.6 is 0 Å².